The summed E-state index contributed by atoms with van der Waals surface area (Å²) in [6.07, 6.45) is 5.67. The number of rotatable bonds is 10. The summed E-state index contributed by atoms with van der Waals surface area (Å²) in [7, 11) is -3.22. The Labute approximate surface area is 214 Å². The monoisotopic (exact) mass is 504 g/mol. The summed E-state index contributed by atoms with van der Waals surface area (Å²) in [6, 6.07) is 4.65. The molecule has 0 unspecified atom stereocenters. The summed E-state index contributed by atoms with van der Waals surface area (Å²) < 4.78 is 31.1. The highest BCUT2D eigenvalue weighted by Crippen LogP contribution is 2.39. The van der Waals surface area contributed by atoms with Crippen molar-refractivity contribution in [1.82, 2.24) is 0 Å². The van der Waals surface area contributed by atoms with Crippen LogP contribution in [0.5, 0.6) is 0 Å². The summed E-state index contributed by atoms with van der Waals surface area (Å²) in [5, 5.41) is -0.620. The molecule has 0 spiro atoms. The lowest BCUT2D eigenvalue weighted by Crippen LogP contribution is -2.35. The molecule has 1 aliphatic rings. The first-order valence-electron chi connectivity index (χ1n) is 13.4. The molecule has 5 heteroatoms. The van der Waals surface area contributed by atoms with Crippen LogP contribution < -0.4 is 0 Å². The SMILES string of the molecule is C/C(=C/[C@@H](C)S(C)(=O)=O)[C@@H](O[C@@H](C)c1c(C(C)C)cc(C(C)C)cc1C(C)C)[C@H]1CCCCC1=O. The average Bonchev–Trinajstić information content (AvgIpc) is 2.75. The van der Waals surface area contributed by atoms with E-state index in [0.29, 0.717) is 24.2 Å². The topological polar surface area (TPSA) is 60.4 Å². The Morgan fingerprint density at radius 1 is 0.943 bits per heavy atom. The molecular weight excluding hydrogens is 456 g/mol. The first-order chi connectivity index (χ1) is 16.1. The number of Topliss-reactive ketones (excluding diaryl/α,β-unsaturated/α-hetero) is 1. The molecule has 0 aliphatic heterocycles. The number of hydrogen-bond acceptors (Lipinski definition) is 4. The van der Waals surface area contributed by atoms with Crippen LogP contribution in [0, 0.1) is 5.92 Å². The van der Waals surface area contributed by atoms with E-state index in [-0.39, 0.29) is 17.8 Å². The quantitative estimate of drug-likeness (QED) is 0.307. The standard InChI is InChI=1S/C30H48O4S/c1-18(2)24-16-26(19(3)4)29(27(17-24)20(5)6)23(9)34-30(25-13-11-12-14-28(25)31)21(7)15-22(8)35(10,32)33/h15-20,22-23,25,30H,11-14H2,1-10H3/b21-15-/t22-,23+,25+,30-/m1/s1. The molecule has 35 heavy (non-hydrogen) atoms. The third-order valence-electron chi connectivity index (χ3n) is 7.52. The van der Waals surface area contributed by atoms with E-state index in [2.05, 4.69) is 60.6 Å². The molecule has 4 nitrogen and oxygen atoms in total. The van der Waals surface area contributed by atoms with Crippen molar-refractivity contribution in [2.24, 2.45) is 5.92 Å². The zero-order valence-electron chi connectivity index (χ0n) is 23.6. The van der Waals surface area contributed by atoms with Crippen LogP contribution in [0.4, 0.5) is 0 Å². The van der Waals surface area contributed by atoms with Gasteiger partial charge in [-0.15, -0.1) is 0 Å². The number of carbonyl (C=O) groups is 1. The van der Waals surface area contributed by atoms with E-state index in [4.69, 9.17) is 4.74 Å². The van der Waals surface area contributed by atoms with Gasteiger partial charge in [-0.2, -0.15) is 0 Å². The fourth-order valence-electron chi connectivity index (χ4n) is 5.21. The highest BCUT2D eigenvalue weighted by molar-refractivity contribution is 7.91. The van der Waals surface area contributed by atoms with E-state index in [9.17, 15) is 13.2 Å². The smallest absolute Gasteiger partial charge is 0.153 e. The lowest BCUT2D eigenvalue weighted by Gasteiger charge is -2.34. The molecule has 0 radical (unpaired) electrons. The van der Waals surface area contributed by atoms with Gasteiger partial charge >= 0.3 is 0 Å². The van der Waals surface area contributed by atoms with Gasteiger partial charge in [-0.3, -0.25) is 4.79 Å². The molecule has 1 fully saturated rings. The molecule has 0 saturated heterocycles. The van der Waals surface area contributed by atoms with Gasteiger partial charge in [-0.1, -0.05) is 66.2 Å². The second-order valence-electron chi connectivity index (χ2n) is 11.5. The molecule has 198 valence electrons. The molecule has 0 N–H and O–H groups in total. The molecule has 0 heterocycles. The van der Waals surface area contributed by atoms with Crippen molar-refractivity contribution >= 4 is 15.6 Å². The molecule has 1 saturated carbocycles. The Bertz CT molecular complexity index is 988. The number of sulfone groups is 1. The molecule has 1 aromatic carbocycles. The maximum Gasteiger partial charge on any atom is 0.153 e. The van der Waals surface area contributed by atoms with E-state index in [1.54, 1.807) is 13.0 Å². The fourth-order valence-corrected chi connectivity index (χ4v) is 5.67. The summed E-state index contributed by atoms with van der Waals surface area (Å²) in [5.41, 5.74) is 5.99. The van der Waals surface area contributed by atoms with E-state index < -0.39 is 21.2 Å². The number of hydrogen-bond donors (Lipinski definition) is 0. The summed E-state index contributed by atoms with van der Waals surface area (Å²) in [5.74, 6) is 1.11. The lowest BCUT2D eigenvalue weighted by molar-refractivity contribution is -0.131. The van der Waals surface area contributed by atoms with Crippen molar-refractivity contribution in [1.29, 1.82) is 0 Å². The fraction of sp³-hybridized carbons (Fsp3) is 0.700. The molecule has 1 aromatic rings. The highest BCUT2D eigenvalue weighted by atomic mass is 32.2. The predicted octanol–water partition coefficient (Wildman–Crippen LogP) is 7.64. The minimum Gasteiger partial charge on any atom is -0.365 e. The van der Waals surface area contributed by atoms with Crippen LogP contribution in [-0.2, 0) is 19.4 Å². The average molecular weight is 505 g/mol. The third kappa shape index (κ3) is 7.52. The van der Waals surface area contributed by atoms with Crippen molar-refractivity contribution < 1.29 is 17.9 Å². The van der Waals surface area contributed by atoms with Crippen molar-refractivity contribution in [2.75, 3.05) is 6.26 Å². The molecule has 0 bridgehead atoms. The summed E-state index contributed by atoms with van der Waals surface area (Å²) in [4.78, 5) is 13.0. The van der Waals surface area contributed by atoms with Crippen LogP contribution in [0.25, 0.3) is 0 Å². The second kappa shape index (κ2) is 12.2. The Balaban J connectivity index is 2.59. The van der Waals surface area contributed by atoms with Gasteiger partial charge in [0.15, 0.2) is 9.84 Å². The normalized spacial score (nSPS) is 20.5. The van der Waals surface area contributed by atoms with Crippen LogP contribution in [0.2, 0.25) is 0 Å². The lowest BCUT2D eigenvalue weighted by atomic mass is 9.80. The zero-order chi connectivity index (χ0) is 26.7. The Hall–Kier alpha value is -1.46. The first-order valence-corrected chi connectivity index (χ1v) is 15.3. The van der Waals surface area contributed by atoms with Crippen molar-refractivity contribution in [3.8, 4) is 0 Å². The van der Waals surface area contributed by atoms with Crippen LogP contribution >= 0.6 is 0 Å². The second-order valence-corrected chi connectivity index (χ2v) is 13.9. The Morgan fingerprint density at radius 3 is 1.91 bits per heavy atom. The van der Waals surface area contributed by atoms with Crippen molar-refractivity contribution in [3.63, 3.8) is 0 Å². The summed E-state index contributed by atoms with van der Waals surface area (Å²) >= 11 is 0. The van der Waals surface area contributed by atoms with E-state index in [1.807, 2.05) is 6.92 Å². The Kier molecular flexibility index (Phi) is 10.4. The predicted molar refractivity (Wildman–Crippen MR) is 147 cm³/mol. The zero-order valence-corrected chi connectivity index (χ0v) is 24.5. The first kappa shape index (κ1) is 29.8. The molecule has 4 atom stereocenters. The Morgan fingerprint density at radius 2 is 1.49 bits per heavy atom. The van der Waals surface area contributed by atoms with Gasteiger partial charge in [0.2, 0.25) is 0 Å². The maximum atomic E-state index is 13.0. The van der Waals surface area contributed by atoms with Gasteiger partial charge in [0.05, 0.1) is 17.5 Å². The van der Waals surface area contributed by atoms with Crippen molar-refractivity contribution in [2.45, 2.75) is 123 Å². The minimum absolute atomic E-state index is 0.220. The van der Waals surface area contributed by atoms with E-state index in [1.165, 1.54) is 28.5 Å². The number of ether oxygens (including phenoxy) is 1. The van der Waals surface area contributed by atoms with Gasteiger partial charge in [-0.25, -0.2) is 8.42 Å². The molecule has 2 rings (SSSR count). The van der Waals surface area contributed by atoms with Gasteiger partial charge in [-0.05, 0) is 79.2 Å². The number of carbonyl (C=O) groups excluding carboxylic acids is 1. The van der Waals surface area contributed by atoms with Crippen LogP contribution in [0.1, 0.15) is 134 Å². The van der Waals surface area contributed by atoms with E-state index in [0.717, 1.165) is 24.8 Å². The third-order valence-corrected chi connectivity index (χ3v) is 9.01. The van der Waals surface area contributed by atoms with Crippen molar-refractivity contribution in [3.05, 3.63) is 46.0 Å². The molecule has 1 aliphatic carbocycles. The minimum atomic E-state index is -3.22. The van der Waals surface area contributed by atoms with Gasteiger partial charge in [0.1, 0.15) is 5.78 Å². The van der Waals surface area contributed by atoms with Gasteiger partial charge in [0.25, 0.3) is 0 Å². The summed E-state index contributed by atoms with van der Waals surface area (Å²) in [6.45, 7) is 19.1. The van der Waals surface area contributed by atoms with Crippen LogP contribution in [-0.4, -0.2) is 31.8 Å². The van der Waals surface area contributed by atoms with Gasteiger partial charge < -0.3 is 4.74 Å². The molecular formula is C30H48O4S. The largest absolute Gasteiger partial charge is 0.365 e. The maximum absolute atomic E-state index is 13.0. The number of ketones is 1. The van der Waals surface area contributed by atoms with Crippen LogP contribution in [0.15, 0.2) is 23.8 Å². The highest BCUT2D eigenvalue weighted by Gasteiger charge is 2.35. The van der Waals surface area contributed by atoms with Crippen LogP contribution in [0.3, 0.4) is 0 Å². The molecule has 0 aromatic heterocycles. The molecule has 0 amide bonds. The van der Waals surface area contributed by atoms with E-state index >= 15 is 0 Å². The van der Waals surface area contributed by atoms with Gasteiger partial charge in [0, 0.05) is 18.6 Å². The number of benzene rings is 1.